The number of carboxylic acids is 1. The van der Waals surface area contributed by atoms with Gasteiger partial charge in [-0.1, -0.05) is 61.5 Å². The molecule has 0 saturated carbocycles. The van der Waals surface area contributed by atoms with Gasteiger partial charge in [0.2, 0.25) is 23.5 Å². The molecule has 4 rings (SSSR count). The molecule has 2 heterocycles. The van der Waals surface area contributed by atoms with Crippen LogP contribution in [0.25, 0.3) is 10.8 Å². The van der Waals surface area contributed by atoms with E-state index < -0.39 is 65.4 Å². The predicted molar refractivity (Wildman–Crippen MR) is 162 cm³/mol. The van der Waals surface area contributed by atoms with Crippen molar-refractivity contribution >= 4 is 40.4 Å². The van der Waals surface area contributed by atoms with E-state index in [2.05, 4.69) is 30.9 Å². The van der Waals surface area contributed by atoms with Crippen LogP contribution in [0.4, 0.5) is 13.2 Å². The average Bonchev–Trinajstić information content (AvgIpc) is 3.52. The van der Waals surface area contributed by atoms with Crippen LogP contribution in [-0.4, -0.2) is 64.5 Å². The number of piperidine rings is 1. The Labute approximate surface area is 267 Å². The third-order valence-electron chi connectivity index (χ3n) is 7.82. The highest BCUT2D eigenvalue weighted by Gasteiger charge is 2.38. The Morgan fingerprint density at radius 3 is 2.34 bits per heavy atom. The van der Waals surface area contributed by atoms with Crippen molar-refractivity contribution in [1.29, 1.82) is 0 Å². The number of nitrogens with zero attached hydrogens (tertiary/aromatic N) is 1. The van der Waals surface area contributed by atoms with Crippen LogP contribution in [-0.2, 0) is 31.8 Å². The largest absolute Gasteiger partial charge is 0.480 e. The minimum Gasteiger partial charge on any atom is -0.480 e. The van der Waals surface area contributed by atoms with Gasteiger partial charge in [0, 0.05) is 24.9 Å². The van der Waals surface area contributed by atoms with Crippen molar-refractivity contribution in [3.8, 4) is 0 Å². The van der Waals surface area contributed by atoms with Crippen molar-refractivity contribution in [1.82, 2.24) is 26.4 Å². The number of halogens is 3. The maximum Gasteiger partial charge on any atom is 0.452 e. The smallest absolute Gasteiger partial charge is 0.452 e. The lowest BCUT2D eigenvalue weighted by Crippen LogP contribution is -2.57. The summed E-state index contributed by atoms with van der Waals surface area (Å²) in [6, 6.07) is 8.93. The summed E-state index contributed by atoms with van der Waals surface area (Å²) in [6.45, 7) is 4.05. The maximum absolute atomic E-state index is 13.8. The van der Waals surface area contributed by atoms with E-state index in [0.29, 0.717) is 31.0 Å². The molecule has 4 amide bonds. The second kappa shape index (κ2) is 15.1. The summed E-state index contributed by atoms with van der Waals surface area (Å²) >= 11 is 0. The molecule has 0 spiro atoms. The molecule has 1 aliphatic rings. The van der Waals surface area contributed by atoms with Gasteiger partial charge in [0.05, 0.1) is 0 Å². The Morgan fingerprint density at radius 2 is 1.68 bits per heavy atom. The first-order valence-corrected chi connectivity index (χ1v) is 15.2. The van der Waals surface area contributed by atoms with Crippen LogP contribution in [0.3, 0.4) is 0 Å². The minimum atomic E-state index is -4.89. The van der Waals surface area contributed by atoms with Gasteiger partial charge in [0.15, 0.2) is 5.69 Å². The van der Waals surface area contributed by atoms with Crippen molar-refractivity contribution in [3.63, 3.8) is 0 Å². The Kier molecular flexibility index (Phi) is 11.2. The van der Waals surface area contributed by atoms with Crippen molar-refractivity contribution in [3.05, 3.63) is 65.5 Å². The summed E-state index contributed by atoms with van der Waals surface area (Å²) < 4.78 is 43.5. The number of carbonyl (C=O) groups excluding carboxylic acids is 4. The molecule has 5 N–H and O–H groups in total. The van der Waals surface area contributed by atoms with E-state index in [-0.39, 0.29) is 31.1 Å². The quantitative estimate of drug-likeness (QED) is 0.186. The molecule has 47 heavy (non-hydrogen) atoms. The van der Waals surface area contributed by atoms with Crippen molar-refractivity contribution in [2.45, 2.75) is 70.3 Å². The number of carbonyl (C=O) groups is 5. The zero-order valence-corrected chi connectivity index (χ0v) is 25.7. The fourth-order valence-electron chi connectivity index (χ4n) is 5.46. The number of rotatable bonds is 13. The van der Waals surface area contributed by atoms with Crippen LogP contribution in [0.1, 0.15) is 61.3 Å². The monoisotopic (exact) mass is 659 g/mol. The lowest BCUT2D eigenvalue weighted by molar-refractivity contribution is -0.155. The lowest BCUT2D eigenvalue weighted by atomic mass is 9.91. The molecule has 0 bridgehead atoms. The van der Waals surface area contributed by atoms with Crippen LogP contribution in [0.5, 0.6) is 0 Å². The first-order chi connectivity index (χ1) is 22.2. The first-order valence-electron chi connectivity index (χ1n) is 15.2. The molecule has 1 aromatic heterocycles. The van der Waals surface area contributed by atoms with E-state index in [9.17, 15) is 42.3 Å². The standard InChI is InChI=1S/C32H36F3N5O7/c1-17(2)13-22(28(42)39-25(31(45)46)15-20-10-6-12-36-27(20)41)37-29(43)23(14-19-9-5-8-18-7-3-4-11-21(18)19)38-30(44)24-16-26(47-40-24)32(33,34)35/h3-5,7-9,11,16-17,20,22-23,25H,6,10,12-15H2,1-2H3,(H,36,41)(H,37,43)(H,38,44)(H,39,42)(H,45,46)/t20-,22?,23?,25?/m0/s1. The van der Waals surface area contributed by atoms with E-state index in [1.165, 1.54) is 0 Å². The van der Waals surface area contributed by atoms with Gasteiger partial charge in [0.1, 0.15) is 18.1 Å². The van der Waals surface area contributed by atoms with E-state index in [0.717, 1.165) is 10.8 Å². The molecule has 2 aromatic carbocycles. The molecule has 252 valence electrons. The molecule has 15 heteroatoms. The molecule has 0 aliphatic carbocycles. The minimum absolute atomic E-state index is 0.0843. The zero-order valence-electron chi connectivity index (χ0n) is 25.7. The van der Waals surface area contributed by atoms with E-state index >= 15 is 0 Å². The second-order valence-electron chi connectivity index (χ2n) is 11.9. The van der Waals surface area contributed by atoms with Gasteiger partial charge in [-0.3, -0.25) is 19.2 Å². The molecule has 3 unspecified atom stereocenters. The van der Waals surface area contributed by atoms with E-state index in [4.69, 9.17) is 0 Å². The van der Waals surface area contributed by atoms with Crippen LogP contribution in [0.2, 0.25) is 0 Å². The van der Waals surface area contributed by atoms with Gasteiger partial charge in [-0.15, -0.1) is 0 Å². The topological polar surface area (TPSA) is 180 Å². The van der Waals surface area contributed by atoms with Gasteiger partial charge in [-0.2, -0.15) is 13.2 Å². The molecule has 3 aromatic rings. The fraction of sp³-hybridized carbons (Fsp3) is 0.438. The Balaban J connectivity index is 1.58. The normalized spacial score (nSPS) is 17.0. The molecule has 0 radical (unpaired) electrons. The molecular weight excluding hydrogens is 623 g/mol. The van der Waals surface area contributed by atoms with Gasteiger partial charge in [-0.25, -0.2) is 4.79 Å². The number of carboxylic acid groups (broad SMARTS) is 1. The third kappa shape index (κ3) is 9.30. The number of benzene rings is 2. The van der Waals surface area contributed by atoms with Crippen molar-refractivity contribution in [2.24, 2.45) is 11.8 Å². The second-order valence-corrected chi connectivity index (χ2v) is 11.9. The van der Waals surface area contributed by atoms with E-state index in [1.54, 1.807) is 32.0 Å². The zero-order chi connectivity index (χ0) is 34.3. The maximum atomic E-state index is 13.8. The highest BCUT2D eigenvalue weighted by molar-refractivity contribution is 5.98. The summed E-state index contributed by atoms with van der Waals surface area (Å²) in [5.74, 6) is -6.68. The highest BCUT2D eigenvalue weighted by Crippen LogP contribution is 2.29. The number of nitrogens with one attached hydrogen (secondary N) is 4. The van der Waals surface area contributed by atoms with E-state index in [1.807, 2.05) is 24.3 Å². The van der Waals surface area contributed by atoms with Crippen LogP contribution < -0.4 is 21.3 Å². The Morgan fingerprint density at radius 1 is 1.00 bits per heavy atom. The summed E-state index contributed by atoms with van der Waals surface area (Å²) in [6.07, 6.45) is -3.94. The molecule has 1 saturated heterocycles. The third-order valence-corrected chi connectivity index (χ3v) is 7.82. The Hall–Kier alpha value is -4.95. The number of alkyl halides is 3. The molecule has 1 fully saturated rings. The van der Waals surface area contributed by atoms with Gasteiger partial charge in [-0.05, 0) is 47.9 Å². The van der Waals surface area contributed by atoms with Gasteiger partial charge < -0.3 is 30.9 Å². The number of hydrogen-bond acceptors (Lipinski definition) is 7. The predicted octanol–water partition coefficient (Wildman–Crippen LogP) is 3.20. The van der Waals surface area contributed by atoms with Crippen LogP contribution in [0, 0.1) is 11.8 Å². The van der Waals surface area contributed by atoms with Crippen molar-refractivity contribution in [2.75, 3.05) is 6.54 Å². The molecule has 4 atom stereocenters. The number of fused-ring (bicyclic) bond motifs is 1. The lowest BCUT2D eigenvalue weighted by Gasteiger charge is -2.28. The van der Waals surface area contributed by atoms with Crippen LogP contribution in [0.15, 0.2) is 53.1 Å². The average molecular weight is 660 g/mol. The summed E-state index contributed by atoms with van der Waals surface area (Å²) in [5.41, 5.74) is -0.0817. The summed E-state index contributed by atoms with van der Waals surface area (Å²) in [4.78, 5) is 64.6. The molecular formula is C32H36F3N5O7. The number of aromatic nitrogens is 1. The summed E-state index contributed by atoms with van der Waals surface area (Å²) in [7, 11) is 0. The van der Waals surface area contributed by atoms with Crippen LogP contribution >= 0.6 is 0 Å². The van der Waals surface area contributed by atoms with Gasteiger partial charge >= 0.3 is 12.1 Å². The van der Waals surface area contributed by atoms with Crippen molar-refractivity contribution < 1.29 is 46.8 Å². The number of aliphatic carboxylic acids is 1. The fourth-order valence-corrected chi connectivity index (χ4v) is 5.46. The molecule has 1 aliphatic heterocycles. The number of amides is 4. The SMILES string of the molecule is CC(C)CC(NC(=O)C(Cc1cccc2ccccc12)NC(=O)c1cc(C(F)(F)F)on1)C(=O)NC(C[C@@H]1CCCNC1=O)C(=O)O. The van der Waals surface area contributed by atoms with Gasteiger partial charge in [0.25, 0.3) is 5.91 Å². The Bertz CT molecular complexity index is 1620. The first kappa shape index (κ1) is 34.9. The summed E-state index contributed by atoms with van der Waals surface area (Å²) in [5, 5.41) is 24.7. The highest BCUT2D eigenvalue weighted by atomic mass is 19.4. The molecule has 12 nitrogen and oxygen atoms in total. The number of hydrogen-bond donors (Lipinski definition) is 5.